The van der Waals surface area contributed by atoms with E-state index in [4.69, 9.17) is 17.3 Å². The highest BCUT2D eigenvalue weighted by Gasteiger charge is 2.27. The third kappa shape index (κ3) is 1.38. The molecule has 0 bridgehead atoms. The van der Waals surface area contributed by atoms with Gasteiger partial charge in [-0.05, 0) is 36.4 Å². The second-order valence-electron chi connectivity index (χ2n) is 3.89. The van der Waals surface area contributed by atoms with Crippen LogP contribution in [-0.2, 0) is 6.42 Å². The Morgan fingerprint density at radius 3 is 3.15 bits per heavy atom. The zero-order chi connectivity index (χ0) is 9.42. The lowest BCUT2D eigenvalue weighted by atomic mass is 9.78. The Morgan fingerprint density at radius 2 is 2.46 bits per heavy atom. The molecule has 2 rings (SSSR count). The molecule has 1 aliphatic carbocycles. The van der Waals surface area contributed by atoms with E-state index >= 15 is 0 Å². The van der Waals surface area contributed by atoms with Crippen molar-refractivity contribution in [3.63, 3.8) is 0 Å². The third-order valence-corrected chi connectivity index (χ3v) is 3.50. The summed E-state index contributed by atoms with van der Waals surface area (Å²) >= 11 is 6.03. The maximum atomic E-state index is 6.03. The Bertz CT molecular complexity index is 306. The molecule has 2 atom stereocenters. The molecule has 2 nitrogen and oxygen atoms in total. The van der Waals surface area contributed by atoms with E-state index in [0.717, 1.165) is 18.1 Å². The highest BCUT2D eigenvalue weighted by Crippen LogP contribution is 2.38. The summed E-state index contributed by atoms with van der Waals surface area (Å²) in [6.45, 7) is 2.99. The highest BCUT2D eigenvalue weighted by molar-refractivity contribution is 6.30. The molecule has 0 radical (unpaired) electrons. The zero-order valence-corrected chi connectivity index (χ0v) is 8.56. The molecule has 3 N–H and O–H groups in total. The van der Waals surface area contributed by atoms with Gasteiger partial charge in [0.25, 0.3) is 0 Å². The van der Waals surface area contributed by atoms with Crippen LogP contribution in [0.1, 0.15) is 30.4 Å². The van der Waals surface area contributed by atoms with Crippen molar-refractivity contribution in [3.8, 4) is 0 Å². The molecule has 0 amide bonds. The van der Waals surface area contributed by atoms with Gasteiger partial charge in [0.1, 0.15) is 5.15 Å². The van der Waals surface area contributed by atoms with Crippen molar-refractivity contribution < 1.29 is 0 Å². The normalized spacial score (nSPS) is 27.3. The van der Waals surface area contributed by atoms with E-state index in [-0.39, 0.29) is 0 Å². The fraction of sp³-hybridized carbons (Fsp3) is 0.600. The number of nitrogens with one attached hydrogen (secondary N) is 1. The van der Waals surface area contributed by atoms with Gasteiger partial charge in [-0.2, -0.15) is 0 Å². The molecule has 1 aromatic rings. The van der Waals surface area contributed by atoms with Crippen molar-refractivity contribution >= 4 is 11.6 Å². The summed E-state index contributed by atoms with van der Waals surface area (Å²) in [5.41, 5.74) is 8.39. The van der Waals surface area contributed by atoms with Gasteiger partial charge in [-0.15, -0.1) is 0 Å². The molecule has 0 aliphatic heterocycles. The Morgan fingerprint density at radius 1 is 1.69 bits per heavy atom. The molecule has 3 heteroatoms. The lowest BCUT2D eigenvalue weighted by Crippen LogP contribution is -2.24. The van der Waals surface area contributed by atoms with Crippen LogP contribution in [-0.4, -0.2) is 11.5 Å². The molecule has 0 saturated carbocycles. The molecular weight excluding hydrogens is 184 g/mol. The Hall–Kier alpha value is -0.470. The maximum absolute atomic E-state index is 6.03. The van der Waals surface area contributed by atoms with Crippen molar-refractivity contribution in [2.45, 2.75) is 25.7 Å². The maximum Gasteiger partial charge on any atom is 0.109 e. The minimum atomic E-state index is 0.493. The molecule has 1 heterocycles. The van der Waals surface area contributed by atoms with Crippen molar-refractivity contribution in [1.82, 2.24) is 4.98 Å². The summed E-state index contributed by atoms with van der Waals surface area (Å²) < 4.78 is 0. The molecule has 2 unspecified atom stereocenters. The predicted octanol–water partition coefficient (Wildman–Crippen LogP) is 2.29. The molecule has 13 heavy (non-hydrogen) atoms. The quantitative estimate of drug-likeness (QED) is 0.715. The number of hydrogen-bond acceptors (Lipinski definition) is 1. The monoisotopic (exact) mass is 198 g/mol. The van der Waals surface area contributed by atoms with E-state index in [1.807, 2.05) is 6.20 Å². The molecule has 72 valence electrons. The number of rotatable bonds is 1. The Labute approximate surface area is 83.5 Å². The topological polar surface area (TPSA) is 41.8 Å². The average Bonchev–Trinajstić information content (AvgIpc) is 2.48. The van der Waals surface area contributed by atoms with Crippen LogP contribution in [0.3, 0.4) is 0 Å². The third-order valence-electron chi connectivity index (χ3n) is 3.16. The van der Waals surface area contributed by atoms with Crippen LogP contribution in [0, 0.1) is 5.92 Å². The van der Waals surface area contributed by atoms with Crippen LogP contribution >= 0.6 is 11.6 Å². The summed E-state index contributed by atoms with van der Waals surface area (Å²) in [6.07, 6.45) is 4.31. The van der Waals surface area contributed by atoms with E-state index in [1.54, 1.807) is 0 Å². The Balaban J connectivity index is 2.40. The summed E-state index contributed by atoms with van der Waals surface area (Å²) in [6, 6.07) is 0. The SMILES string of the molecule is CC1CCc2c(c[nH]c2Cl)C1CN. The van der Waals surface area contributed by atoms with Crippen molar-refractivity contribution in [2.75, 3.05) is 6.54 Å². The molecule has 0 saturated heterocycles. The van der Waals surface area contributed by atoms with Gasteiger partial charge in [0, 0.05) is 12.1 Å². The summed E-state index contributed by atoms with van der Waals surface area (Å²) in [5, 5.41) is 0.806. The lowest BCUT2D eigenvalue weighted by molar-refractivity contribution is 0.410. The van der Waals surface area contributed by atoms with Gasteiger partial charge >= 0.3 is 0 Å². The number of H-pyrrole nitrogens is 1. The number of fused-ring (bicyclic) bond motifs is 1. The largest absolute Gasteiger partial charge is 0.352 e. The molecule has 0 aromatic carbocycles. The van der Waals surface area contributed by atoms with Gasteiger partial charge in [0.05, 0.1) is 0 Å². The van der Waals surface area contributed by atoms with Gasteiger partial charge in [0.15, 0.2) is 0 Å². The predicted molar refractivity (Wildman–Crippen MR) is 55.1 cm³/mol. The highest BCUT2D eigenvalue weighted by atomic mass is 35.5. The van der Waals surface area contributed by atoms with E-state index in [2.05, 4.69) is 11.9 Å². The van der Waals surface area contributed by atoms with Crippen LogP contribution in [0.25, 0.3) is 0 Å². The van der Waals surface area contributed by atoms with Crippen LogP contribution in [0.5, 0.6) is 0 Å². The molecule has 1 aromatic heterocycles. The van der Waals surface area contributed by atoms with Gasteiger partial charge in [-0.1, -0.05) is 18.5 Å². The van der Waals surface area contributed by atoms with Gasteiger partial charge in [-0.25, -0.2) is 0 Å². The summed E-state index contributed by atoms with van der Waals surface area (Å²) in [4.78, 5) is 3.07. The smallest absolute Gasteiger partial charge is 0.109 e. The minimum absolute atomic E-state index is 0.493. The molecule has 1 aliphatic rings. The van der Waals surface area contributed by atoms with Crippen LogP contribution in [0.4, 0.5) is 0 Å². The van der Waals surface area contributed by atoms with E-state index in [0.29, 0.717) is 11.8 Å². The second kappa shape index (κ2) is 3.35. The summed E-state index contributed by atoms with van der Waals surface area (Å²) in [7, 11) is 0. The standard InChI is InChI=1S/C10H15ClN2/c1-6-2-3-7-9(8(6)4-12)5-13-10(7)11/h5-6,8,13H,2-4,12H2,1H3. The number of nitrogens with two attached hydrogens (primary N) is 1. The number of aromatic nitrogens is 1. The number of aromatic amines is 1. The average molecular weight is 199 g/mol. The van der Waals surface area contributed by atoms with E-state index in [9.17, 15) is 0 Å². The first-order chi connectivity index (χ1) is 6.24. The Kier molecular flexibility index (Phi) is 2.35. The molecule has 0 spiro atoms. The molecular formula is C10H15ClN2. The zero-order valence-electron chi connectivity index (χ0n) is 7.81. The first-order valence-corrected chi connectivity index (χ1v) is 5.17. The summed E-state index contributed by atoms with van der Waals surface area (Å²) in [5.74, 6) is 1.18. The van der Waals surface area contributed by atoms with Gasteiger partial charge in [-0.3, -0.25) is 0 Å². The van der Waals surface area contributed by atoms with Gasteiger partial charge in [0.2, 0.25) is 0 Å². The van der Waals surface area contributed by atoms with Crippen LogP contribution in [0.15, 0.2) is 6.20 Å². The van der Waals surface area contributed by atoms with E-state index < -0.39 is 0 Å². The number of halogens is 1. The van der Waals surface area contributed by atoms with E-state index in [1.165, 1.54) is 17.5 Å². The van der Waals surface area contributed by atoms with Crippen LogP contribution in [0.2, 0.25) is 5.15 Å². The molecule has 0 fully saturated rings. The van der Waals surface area contributed by atoms with Crippen molar-refractivity contribution in [2.24, 2.45) is 11.7 Å². The first kappa shape index (κ1) is 9.10. The van der Waals surface area contributed by atoms with Crippen molar-refractivity contribution in [1.29, 1.82) is 0 Å². The van der Waals surface area contributed by atoms with Crippen molar-refractivity contribution in [3.05, 3.63) is 22.5 Å². The fourth-order valence-corrected chi connectivity index (χ4v) is 2.52. The fourth-order valence-electron chi connectivity index (χ4n) is 2.27. The second-order valence-corrected chi connectivity index (χ2v) is 4.27. The first-order valence-electron chi connectivity index (χ1n) is 4.79. The van der Waals surface area contributed by atoms with Crippen LogP contribution < -0.4 is 5.73 Å². The number of hydrogen-bond donors (Lipinski definition) is 2. The lowest BCUT2D eigenvalue weighted by Gasteiger charge is -2.28. The van der Waals surface area contributed by atoms with Gasteiger partial charge < -0.3 is 10.7 Å². The minimum Gasteiger partial charge on any atom is -0.352 e.